The molecular formula is C16H23NO2. The first-order chi connectivity index (χ1) is 9.20. The molecule has 3 heteroatoms. The van der Waals surface area contributed by atoms with Crippen molar-refractivity contribution in [2.45, 2.75) is 39.0 Å². The lowest BCUT2D eigenvalue weighted by molar-refractivity contribution is -0.121. The molecule has 0 N–H and O–H groups in total. The molecular weight excluding hydrogens is 238 g/mol. The van der Waals surface area contributed by atoms with Gasteiger partial charge in [-0.3, -0.25) is 9.69 Å². The number of benzene rings is 1. The minimum Gasteiger partial charge on any atom is -0.354 e. The summed E-state index contributed by atoms with van der Waals surface area (Å²) in [6.07, 6.45) is 2.61. The average Bonchev–Trinajstić information content (AvgIpc) is 2.79. The lowest BCUT2D eigenvalue weighted by atomic mass is 10.0. The summed E-state index contributed by atoms with van der Waals surface area (Å²) < 4.78 is 5.59. The van der Waals surface area contributed by atoms with E-state index in [2.05, 4.69) is 43.0 Å². The molecule has 19 heavy (non-hydrogen) atoms. The molecule has 104 valence electrons. The predicted octanol–water partition coefficient (Wildman–Crippen LogP) is 2.50. The number of nitrogens with zero attached hydrogens (tertiary/aromatic N) is 1. The summed E-state index contributed by atoms with van der Waals surface area (Å²) >= 11 is 0. The first-order valence-electron chi connectivity index (χ1n) is 7.07. The average molecular weight is 261 g/mol. The molecule has 1 aromatic rings. The van der Waals surface area contributed by atoms with Crippen molar-refractivity contribution in [2.75, 3.05) is 13.2 Å². The van der Waals surface area contributed by atoms with Crippen LogP contribution in [-0.2, 0) is 16.0 Å². The molecule has 0 aromatic heterocycles. The van der Waals surface area contributed by atoms with Gasteiger partial charge in [-0.15, -0.1) is 0 Å². The number of hydrogen-bond donors (Lipinski definition) is 0. The summed E-state index contributed by atoms with van der Waals surface area (Å²) in [6.45, 7) is 5.99. The summed E-state index contributed by atoms with van der Waals surface area (Å²) in [5.74, 6) is 0.644. The Bertz CT molecular complexity index is 391. The number of ether oxygens (including phenoxy) is 1. The highest BCUT2D eigenvalue weighted by Crippen LogP contribution is 2.21. The monoisotopic (exact) mass is 261 g/mol. The summed E-state index contributed by atoms with van der Waals surface area (Å²) in [4.78, 5) is 13.3. The second kappa shape index (κ2) is 6.83. The van der Waals surface area contributed by atoms with Crippen molar-refractivity contribution in [2.24, 2.45) is 5.92 Å². The summed E-state index contributed by atoms with van der Waals surface area (Å²) in [6, 6.07) is 10.7. The predicted molar refractivity (Wildman–Crippen MR) is 75.9 cm³/mol. The van der Waals surface area contributed by atoms with Crippen molar-refractivity contribution in [1.82, 2.24) is 4.90 Å². The van der Waals surface area contributed by atoms with Crippen molar-refractivity contribution in [3.63, 3.8) is 0 Å². The molecule has 1 aliphatic heterocycles. The maximum absolute atomic E-state index is 11.1. The first kappa shape index (κ1) is 14.2. The highest BCUT2D eigenvalue weighted by molar-refractivity contribution is 5.56. The van der Waals surface area contributed by atoms with Gasteiger partial charge < -0.3 is 4.74 Å². The quantitative estimate of drug-likeness (QED) is 0.737. The molecule has 0 spiro atoms. The Kier molecular flexibility index (Phi) is 5.11. The van der Waals surface area contributed by atoms with Crippen LogP contribution in [0, 0.1) is 5.92 Å². The number of carbonyl (C=O) groups is 1. The zero-order chi connectivity index (χ0) is 13.7. The molecule has 0 radical (unpaired) electrons. The van der Waals surface area contributed by atoms with Gasteiger partial charge in [0, 0.05) is 12.6 Å². The normalized spacial score (nSPS) is 23.9. The van der Waals surface area contributed by atoms with Gasteiger partial charge in [0.15, 0.2) is 12.5 Å². The zero-order valence-electron chi connectivity index (χ0n) is 11.8. The minimum absolute atomic E-state index is 0.316. The van der Waals surface area contributed by atoms with Crippen LogP contribution in [0.5, 0.6) is 0 Å². The summed E-state index contributed by atoms with van der Waals surface area (Å²) in [5.41, 5.74) is 1.30. The van der Waals surface area contributed by atoms with Gasteiger partial charge >= 0.3 is 0 Å². The molecule has 0 bridgehead atoms. The van der Waals surface area contributed by atoms with Crippen LogP contribution >= 0.6 is 0 Å². The van der Waals surface area contributed by atoms with Gasteiger partial charge in [-0.25, -0.2) is 0 Å². The van der Waals surface area contributed by atoms with Gasteiger partial charge in [0.05, 0.1) is 6.61 Å². The van der Waals surface area contributed by atoms with E-state index in [0.29, 0.717) is 18.6 Å². The molecule has 1 aliphatic rings. The third-order valence-corrected chi connectivity index (χ3v) is 3.65. The number of aldehydes is 1. The molecule has 2 atom stereocenters. The number of carbonyl (C=O) groups excluding carboxylic acids is 1. The minimum atomic E-state index is -0.354. The first-order valence-corrected chi connectivity index (χ1v) is 7.07. The fraction of sp³-hybridized carbons (Fsp3) is 0.562. The third kappa shape index (κ3) is 3.88. The molecule has 1 heterocycles. The van der Waals surface area contributed by atoms with Gasteiger partial charge in [-0.05, 0) is 24.3 Å². The largest absolute Gasteiger partial charge is 0.354 e. The lowest BCUT2D eigenvalue weighted by Gasteiger charge is -2.26. The van der Waals surface area contributed by atoms with Crippen LogP contribution in [0.25, 0.3) is 0 Å². The standard InChI is InChI=1S/C16H23NO2/c1-13(2)8-9-17-15(12-19-16(17)11-18)10-14-6-4-3-5-7-14/h3-7,11,13,15-16H,8-10,12H2,1-2H3. The molecule has 3 nitrogen and oxygen atoms in total. The summed E-state index contributed by atoms with van der Waals surface area (Å²) in [5, 5.41) is 0. The van der Waals surface area contributed by atoms with Crippen LogP contribution in [0.4, 0.5) is 0 Å². The van der Waals surface area contributed by atoms with Gasteiger partial charge in [-0.2, -0.15) is 0 Å². The fourth-order valence-corrected chi connectivity index (χ4v) is 2.51. The molecule has 0 amide bonds. The van der Waals surface area contributed by atoms with Crippen LogP contribution in [-0.4, -0.2) is 36.6 Å². The van der Waals surface area contributed by atoms with Crippen molar-refractivity contribution in [3.8, 4) is 0 Å². The van der Waals surface area contributed by atoms with Crippen molar-refractivity contribution >= 4 is 6.29 Å². The van der Waals surface area contributed by atoms with Crippen LogP contribution in [0.1, 0.15) is 25.8 Å². The molecule has 2 rings (SSSR count). The zero-order valence-corrected chi connectivity index (χ0v) is 11.8. The Morgan fingerprint density at radius 3 is 2.74 bits per heavy atom. The van der Waals surface area contributed by atoms with E-state index < -0.39 is 0 Å². The van der Waals surface area contributed by atoms with E-state index in [4.69, 9.17) is 4.74 Å². The van der Waals surface area contributed by atoms with Gasteiger partial charge in [0.25, 0.3) is 0 Å². The lowest BCUT2D eigenvalue weighted by Crippen LogP contribution is -2.40. The molecule has 1 fully saturated rings. The van der Waals surface area contributed by atoms with E-state index in [0.717, 1.165) is 25.7 Å². The molecule has 0 aliphatic carbocycles. The SMILES string of the molecule is CC(C)CCN1C(Cc2ccccc2)COC1C=O. The maximum Gasteiger partial charge on any atom is 0.167 e. The fourth-order valence-electron chi connectivity index (χ4n) is 2.51. The van der Waals surface area contributed by atoms with Gasteiger partial charge in [0.2, 0.25) is 0 Å². The van der Waals surface area contributed by atoms with Gasteiger partial charge in [0.1, 0.15) is 0 Å². The maximum atomic E-state index is 11.1. The molecule has 1 aromatic carbocycles. The highest BCUT2D eigenvalue weighted by atomic mass is 16.5. The topological polar surface area (TPSA) is 29.5 Å². The number of rotatable bonds is 6. The van der Waals surface area contributed by atoms with E-state index >= 15 is 0 Å². The van der Waals surface area contributed by atoms with Crippen LogP contribution in [0.15, 0.2) is 30.3 Å². The van der Waals surface area contributed by atoms with Crippen molar-refractivity contribution < 1.29 is 9.53 Å². The molecule has 1 saturated heterocycles. The highest BCUT2D eigenvalue weighted by Gasteiger charge is 2.33. The van der Waals surface area contributed by atoms with Crippen LogP contribution in [0.3, 0.4) is 0 Å². The third-order valence-electron chi connectivity index (χ3n) is 3.65. The Labute approximate surface area is 115 Å². The second-order valence-corrected chi connectivity index (χ2v) is 5.62. The molecule has 2 unspecified atom stereocenters. The van der Waals surface area contributed by atoms with E-state index in [1.807, 2.05) is 6.07 Å². The summed E-state index contributed by atoms with van der Waals surface area (Å²) in [7, 11) is 0. The van der Waals surface area contributed by atoms with Crippen LogP contribution < -0.4 is 0 Å². The van der Waals surface area contributed by atoms with E-state index in [1.54, 1.807) is 0 Å². The Balaban J connectivity index is 1.99. The second-order valence-electron chi connectivity index (χ2n) is 5.62. The molecule has 0 saturated carbocycles. The van der Waals surface area contributed by atoms with E-state index in [9.17, 15) is 4.79 Å². The Hall–Kier alpha value is -1.19. The van der Waals surface area contributed by atoms with Crippen molar-refractivity contribution in [1.29, 1.82) is 0 Å². The number of hydrogen-bond acceptors (Lipinski definition) is 3. The van der Waals surface area contributed by atoms with E-state index in [1.165, 1.54) is 5.56 Å². The Morgan fingerprint density at radius 2 is 2.11 bits per heavy atom. The van der Waals surface area contributed by atoms with Crippen molar-refractivity contribution in [3.05, 3.63) is 35.9 Å². The van der Waals surface area contributed by atoms with Crippen LogP contribution in [0.2, 0.25) is 0 Å². The van der Waals surface area contributed by atoms with E-state index in [-0.39, 0.29) is 6.23 Å². The Morgan fingerprint density at radius 1 is 1.37 bits per heavy atom. The smallest absolute Gasteiger partial charge is 0.167 e. The van der Waals surface area contributed by atoms with Gasteiger partial charge in [-0.1, -0.05) is 44.2 Å².